The third-order valence-electron chi connectivity index (χ3n) is 2.59. The molecule has 1 aromatic rings. The van der Waals surface area contributed by atoms with Gasteiger partial charge in [-0.25, -0.2) is 0 Å². The molecular formula is C12H16ClNO. The van der Waals surface area contributed by atoms with Crippen molar-refractivity contribution in [3.8, 4) is 0 Å². The van der Waals surface area contributed by atoms with E-state index in [0.717, 1.165) is 17.7 Å². The molecule has 0 aliphatic carbocycles. The molecule has 1 amide bonds. The van der Waals surface area contributed by atoms with Gasteiger partial charge in [0.05, 0.1) is 0 Å². The first kappa shape index (κ1) is 12.1. The summed E-state index contributed by atoms with van der Waals surface area (Å²) in [6.45, 7) is 5.80. The highest BCUT2D eigenvalue weighted by Gasteiger charge is 2.12. The van der Waals surface area contributed by atoms with E-state index in [4.69, 9.17) is 11.6 Å². The third-order valence-corrected chi connectivity index (χ3v) is 2.99. The van der Waals surface area contributed by atoms with Gasteiger partial charge in [0, 0.05) is 16.6 Å². The van der Waals surface area contributed by atoms with E-state index in [1.807, 2.05) is 39.0 Å². The van der Waals surface area contributed by atoms with Crippen LogP contribution in [0.2, 0.25) is 5.02 Å². The fourth-order valence-electron chi connectivity index (χ4n) is 1.18. The van der Waals surface area contributed by atoms with E-state index in [1.54, 1.807) is 0 Å². The van der Waals surface area contributed by atoms with Crippen molar-refractivity contribution in [3.63, 3.8) is 0 Å². The lowest BCUT2D eigenvalue weighted by Crippen LogP contribution is -2.20. The maximum absolute atomic E-state index is 11.7. The third kappa shape index (κ3) is 2.96. The number of nitrogens with one attached hydrogen (secondary N) is 1. The predicted octanol–water partition coefficient (Wildman–Crippen LogP) is 3.63. The van der Waals surface area contributed by atoms with E-state index < -0.39 is 0 Å². The average molecular weight is 226 g/mol. The number of benzene rings is 1. The fourth-order valence-corrected chi connectivity index (χ4v) is 1.36. The number of rotatable bonds is 3. The summed E-state index contributed by atoms with van der Waals surface area (Å²) in [7, 11) is 0. The Labute approximate surface area is 95.6 Å². The first-order chi connectivity index (χ1) is 7.06. The zero-order valence-electron chi connectivity index (χ0n) is 9.30. The van der Waals surface area contributed by atoms with Gasteiger partial charge in [-0.3, -0.25) is 4.79 Å². The molecule has 0 saturated heterocycles. The van der Waals surface area contributed by atoms with Crippen LogP contribution in [0.25, 0.3) is 0 Å². The first-order valence-corrected chi connectivity index (χ1v) is 5.50. The van der Waals surface area contributed by atoms with Crippen LogP contribution in [0.1, 0.15) is 25.8 Å². The minimum Gasteiger partial charge on any atom is -0.326 e. The van der Waals surface area contributed by atoms with Gasteiger partial charge in [0.1, 0.15) is 0 Å². The van der Waals surface area contributed by atoms with Crippen molar-refractivity contribution in [1.29, 1.82) is 0 Å². The van der Waals surface area contributed by atoms with Crippen molar-refractivity contribution in [2.24, 2.45) is 5.92 Å². The Kier molecular flexibility index (Phi) is 4.15. The second kappa shape index (κ2) is 5.17. The Morgan fingerprint density at radius 2 is 2.20 bits per heavy atom. The summed E-state index contributed by atoms with van der Waals surface area (Å²) in [4.78, 5) is 11.7. The molecule has 1 atom stereocenters. The van der Waals surface area contributed by atoms with Gasteiger partial charge in [-0.2, -0.15) is 0 Å². The molecule has 0 heterocycles. The molecule has 0 saturated carbocycles. The molecule has 1 N–H and O–H groups in total. The normalized spacial score (nSPS) is 12.3. The monoisotopic (exact) mass is 225 g/mol. The quantitative estimate of drug-likeness (QED) is 0.836. The molecule has 0 fully saturated rings. The molecule has 0 aliphatic heterocycles. The number of carbonyl (C=O) groups is 1. The molecule has 0 aromatic heterocycles. The van der Waals surface area contributed by atoms with Gasteiger partial charge in [-0.1, -0.05) is 31.5 Å². The highest BCUT2D eigenvalue weighted by Crippen LogP contribution is 2.23. The molecule has 1 rings (SSSR count). The van der Waals surface area contributed by atoms with Gasteiger partial charge in [-0.15, -0.1) is 0 Å². The van der Waals surface area contributed by atoms with E-state index in [2.05, 4.69) is 5.32 Å². The van der Waals surface area contributed by atoms with Crippen LogP contribution >= 0.6 is 11.6 Å². The Morgan fingerprint density at radius 3 is 2.80 bits per heavy atom. The SMILES string of the molecule is CCC(C)C(=O)Nc1cccc(Cl)c1C. The van der Waals surface area contributed by atoms with Gasteiger partial charge >= 0.3 is 0 Å². The lowest BCUT2D eigenvalue weighted by atomic mass is 10.1. The highest BCUT2D eigenvalue weighted by molar-refractivity contribution is 6.31. The van der Waals surface area contributed by atoms with Gasteiger partial charge < -0.3 is 5.32 Å². The van der Waals surface area contributed by atoms with E-state index in [-0.39, 0.29) is 11.8 Å². The minimum atomic E-state index is 0.0309. The van der Waals surface area contributed by atoms with Gasteiger partial charge in [0.25, 0.3) is 0 Å². The topological polar surface area (TPSA) is 29.1 Å². The standard InChI is InChI=1S/C12H16ClNO/c1-4-8(2)12(15)14-11-7-5-6-10(13)9(11)3/h5-8H,4H2,1-3H3,(H,14,15). The van der Waals surface area contributed by atoms with Crippen molar-refractivity contribution >= 4 is 23.2 Å². The van der Waals surface area contributed by atoms with Crippen molar-refractivity contribution in [2.45, 2.75) is 27.2 Å². The zero-order chi connectivity index (χ0) is 11.4. The molecule has 0 bridgehead atoms. The Morgan fingerprint density at radius 1 is 1.53 bits per heavy atom. The molecule has 3 heteroatoms. The molecule has 0 aliphatic rings. The molecular weight excluding hydrogens is 210 g/mol. The Bertz CT molecular complexity index is 363. The number of amides is 1. The van der Waals surface area contributed by atoms with E-state index >= 15 is 0 Å². The van der Waals surface area contributed by atoms with Crippen LogP contribution in [-0.4, -0.2) is 5.91 Å². The smallest absolute Gasteiger partial charge is 0.227 e. The number of hydrogen-bond acceptors (Lipinski definition) is 1. The van der Waals surface area contributed by atoms with Gasteiger partial charge in [-0.05, 0) is 31.0 Å². The van der Waals surface area contributed by atoms with Crippen molar-refractivity contribution < 1.29 is 4.79 Å². The van der Waals surface area contributed by atoms with Crippen molar-refractivity contribution in [2.75, 3.05) is 5.32 Å². The zero-order valence-corrected chi connectivity index (χ0v) is 10.1. The molecule has 0 radical (unpaired) electrons. The first-order valence-electron chi connectivity index (χ1n) is 5.12. The summed E-state index contributed by atoms with van der Waals surface area (Å²) in [5, 5.41) is 3.56. The van der Waals surface area contributed by atoms with Crippen LogP contribution < -0.4 is 5.32 Å². The lowest BCUT2D eigenvalue weighted by Gasteiger charge is -2.12. The summed E-state index contributed by atoms with van der Waals surface area (Å²) in [6, 6.07) is 5.51. The maximum Gasteiger partial charge on any atom is 0.227 e. The molecule has 0 spiro atoms. The number of halogens is 1. The van der Waals surface area contributed by atoms with E-state index in [9.17, 15) is 4.79 Å². The predicted molar refractivity (Wildman–Crippen MR) is 64.3 cm³/mol. The second-order valence-corrected chi connectivity index (χ2v) is 4.12. The average Bonchev–Trinajstić information content (AvgIpc) is 2.23. The van der Waals surface area contributed by atoms with Crippen LogP contribution in [0.3, 0.4) is 0 Å². The van der Waals surface area contributed by atoms with E-state index in [0.29, 0.717) is 5.02 Å². The Balaban J connectivity index is 2.81. The molecule has 1 unspecified atom stereocenters. The van der Waals surface area contributed by atoms with Crippen LogP contribution in [0, 0.1) is 12.8 Å². The van der Waals surface area contributed by atoms with Crippen molar-refractivity contribution in [1.82, 2.24) is 0 Å². The Hall–Kier alpha value is -1.02. The molecule has 82 valence electrons. The van der Waals surface area contributed by atoms with E-state index in [1.165, 1.54) is 0 Å². The van der Waals surface area contributed by atoms with Crippen LogP contribution in [-0.2, 0) is 4.79 Å². The number of hydrogen-bond donors (Lipinski definition) is 1. The fraction of sp³-hybridized carbons (Fsp3) is 0.417. The van der Waals surface area contributed by atoms with Gasteiger partial charge in [0.2, 0.25) is 5.91 Å². The highest BCUT2D eigenvalue weighted by atomic mass is 35.5. The van der Waals surface area contributed by atoms with Gasteiger partial charge in [0.15, 0.2) is 0 Å². The summed E-state index contributed by atoms with van der Waals surface area (Å²) in [5.41, 5.74) is 1.71. The summed E-state index contributed by atoms with van der Waals surface area (Å²) in [6.07, 6.45) is 0.839. The lowest BCUT2D eigenvalue weighted by molar-refractivity contribution is -0.119. The summed E-state index contributed by atoms with van der Waals surface area (Å²) >= 11 is 5.96. The summed E-state index contributed by atoms with van der Waals surface area (Å²) < 4.78 is 0. The van der Waals surface area contributed by atoms with Crippen LogP contribution in [0.5, 0.6) is 0 Å². The maximum atomic E-state index is 11.7. The summed E-state index contributed by atoms with van der Waals surface area (Å²) in [5.74, 6) is 0.0752. The molecule has 1 aromatic carbocycles. The van der Waals surface area contributed by atoms with Crippen molar-refractivity contribution in [3.05, 3.63) is 28.8 Å². The minimum absolute atomic E-state index is 0.0309. The van der Waals surface area contributed by atoms with Crippen LogP contribution in [0.15, 0.2) is 18.2 Å². The largest absolute Gasteiger partial charge is 0.326 e. The van der Waals surface area contributed by atoms with Crippen LogP contribution in [0.4, 0.5) is 5.69 Å². The number of carbonyl (C=O) groups excluding carboxylic acids is 1. The molecule has 2 nitrogen and oxygen atoms in total. The molecule has 15 heavy (non-hydrogen) atoms. The number of anilines is 1. The second-order valence-electron chi connectivity index (χ2n) is 3.71.